The van der Waals surface area contributed by atoms with Gasteiger partial charge in [0, 0.05) is 14.0 Å². The average molecular weight is 174 g/mol. The summed E-state index contributed by atoms with van der Waals surface area (Å²) in [6, 6.07) is 1.08. The summed E-state index contributed by atoms with van der Waals surface area (Å²) in [4.78, 5) is 10.3. The van der Waals surface area contributed by atoms with Gasteiger partial charge < -0.3 is 0 Å². The van der Waals surface area contributed by atoms with Crippen LogP contribution in [-0.2, 0) is 13.0 Å². The molecule has 5 heteroatoms. The molecule has 1 aromatic heterocycles. The Morgan fingerprint density at radius 3 is 2.50 bits per heavy atom. The molecule has 12 heavy (non-hydrogen) atoms. The van der Waals surface area contributed by atoms with E-state index in [1.807, 2.05) is 0 Å². The first-order chi connectivity index (χ1) is 5.45. The molecule has 1 rings (SSSR count). The van der Waals surface area contributed by atoms with Crippen LogP contribution in [-0.4, -0.2) is 16.1 Å². The van der Waals surface area contributed by atoms with Gasteiger partial charge in [0.05, 0.1) is 0 Å². The van der Waals surface area contributed by atoms with Crippen molar-refractivity contribution in [2.75, 3.05) is 0 Å². The summed E-state index contributed by atoms with van der Waals surface area (Å²) >= 11 is 0. The van der Waals surface area contributed by atoms with E-state index in [0.717, 1.165) is 17.7 Å². The van der Waals surface area contributed by atoms with E-state index in [1.54, 1.807) is 0 Å². The Morgan fingerprint density at radius 1 is 1.67 bits per heavy atom. The second-order valence-corrected chi connectivity index (χ2v) is 2.58. The number of halogens is 2. The molecule has 0 aliphatic heterocycles. The van der Waals surface area contributed by atoms with Crippen LogP contribution < -0.4 is 0 Å². The third-order valence-corrected chi connectivity index (χ3v) is 1.49. The van der Waals surface area contributed by atoms with Crippen molar-refractivity contribution in [3.8, 4) is 0 Å². The van der Waals surface area contributed by atoms with Crippen molar-refractivity contribution in [2.45, 2.75) is 12.8 Å². The van der Waals surface area contributed by atoms with Crippen molar-refractivity contribution >= 4 is 6.29 Å². The zero-order valence-electron chi connectivity index (χ0n) is 6.71. The number of carbonyl (C=O) groups excluding carboxylic acids is 1. The maximum atomic E-state index is 12.6. The number of nitrogens with zero attached hydrogens (tertiary/aromatic N) is 2. The van der Waals surface area contributed by atoms with E-state index in [2.05, 4.69) is 5.10 Å². The molecule has 0 amide bonds. The van der Waals surface area contributed by atoms with Crippen LogP contribution in [0.5, 0.6) is 0 Å². The molecule has 0 saturated carbocycles. The third kappa shape index (κ3) is 1.49. The minimum absolute atomic E-state index is 0.145. The van der Waals surface area contributed by atoms with Gasteiger partial charge in [0.1, 0.15) is 11.4 Å². The minimum atomic E-state index is -2.99. The van der Waals surface area contributed by atoms with E-state index in [9.17, 15) is 13.6 Å². The quantitative estimate of drug-likeness (QED) is 0.634. The van der Waals surface area contributed by atoms with Gasteiger partial charge in [-0.3, -0.25) is 9.48 Å². The zero-order chi connectivity index (χ0) is 9.35. The summed E-state index contributed by atoms with van der Waals surface area (Å²) in [5, 5.41) is 3.49. The van der Waals surface area contributed by atoms with Crippen molar-refractivity contribution in [1.82, 2.24) is 9.78 Å². The maximum Gasteiger partial charge on any atom is 0.288 e. The number of carbonyl (C=O) groups is 1. The van der Waals surface area contributed by atoms with Gasteiger partial charge in [-0.25, -0.2) is 0 Å². The van der Waals surface area contributed by atoms with Gasteiger partial charge in [0.25, 0.3) is 5.92 Å². The second kappa shape index (κ2) is 2.66. The highest BCUT2D eigenvalue weighted by Crippen LogP contribution is 2.25. The van der Waals surface area contributed by atoms with E-state index in [0.29, 0.717) is 6.29 Å². The fourth-order valence-corrected chi connectivity index (χ4v) is 0.807. The number of aryl methyl sites for hydroxylation is 1. The lowest BCUT2D eigenvalue weighted by Gasteiger charge is -2.03. The fraction of sp³-hybridized carbons (Fsp3) is 0.429. The Morgan fingerprint density at radius 2 is 2.25 bits per heavy atom. The van der Waals surface area contributed by atoms with Crippen LogP contribution in [0.2, 0.25) is 0 Å². The number of rotatable bonds is 2. The molecule has 1 aromatic rings. The molecule has 0 N–H and O–H groups in total. The van der Waals surface area contributed by atoms with Crippen LogP contribution in [0.25, 0.3) is 0 Å². The molecule has 0 aliphatic carbocycles. The number of hydrogen-bond donors (Lipinski definition) is 0. The van der Waals surface area contributed by atoms with Gasteiger partial charge in [-0.05, 0) is 6.07 Å². The van der Waals surface area contributed by atoms with E-state index < -0.39 is 5.92 Å². The van der Waals surface area contributed by atoms with Gasteiger partial charge in [-0.2, -0.15) is 13.9 Å². The van der Waals surface area contributed by atoms with E-state index in [1.165, 1.54) is 7.05 Å². The summed E-state index contributed by atoms with van der Waals surface area (Å²) in [5.74, 6) is -2.99. The van der Waals surface area contributed by atoms with E-state index >= 15 is 0 Å². The van der Waals surface area contributed by atoms with Crippen molar-refractivity contribution in [3.63, 3.8) is 0 Å². The molecule has 0 bridgehead atoms. The van der Waals surface area contributed by atoms with Crippen LogP contribution in [0.4, 0.5) is 8.78 Å². The van der Waals surface area contributed by atoms with E-state index in [4.69, 9.17) is 0 Å². The van der Waals surface area contributed by atoms with Gasteiger partial charge in [-0.1, -0.05) is 0 Å². The molecule has 66 valence electrons. The van der Waals surface area contributed by atoms with Crippen LogP contribution >= 0.6 is 0 Å². The Balaban J connectivity index is 3.13. The lowest BCUT2D eigenvalue weighted by molar-refractivity contribution is 0.0122. The molecule has 1 heterocycles. The van der Waals surface area contributed by atoms with Gasteiger partial charge in [-0.15, -0.1) is 0 Å². The Labute approximate surface area is 68.0 Å². The first kappa shape index (κ1) is 8.83. The normalized spacial score (nSPS) is 11.7. The summed E-state index contributed by atoms with van der Waals surface area (Å²) in [6.45, 7) is 0.740. The zero-order valence-corrected chi connectivity index (χ0v) is 6.71. The Hall–Kier alpha value is -1.26. The molecule has 0 fully saturated rings. The average Bonchev–Trinajstić information content (AvgIpc) is 2.29. The van der Waals surface area contributed by atoms with Gasteiger partial charge >= 0.3 is 0 Å². The molecule has 0 unspecified atom stereocenters. The smallest absolute Gasteiger partial charge is 0.288 e. The molecular weight excluding hydrogens is 166 g/mol. The van der Waals surface area contributed by atoms with Crippen molar-refractivity contribution in [2.24, 2.45) is 7.05 Å². The Kier molecular flexibility index (Phi) is 1.95. The summed E-state index contributed by atoms with van der Waals surface area (Å²) in [6.07, 6.45) is 0.488. The first-order valence-electron chi connectivity index (χ1n) is 3.32. The number of alkyl halides is 2. The highest BCUT2D eigenvalue weighted by molar-refractivity contribution is 5.72. The standard InChI is InChI=1S/C7H8F2N2O/c1-7(8,9)6-3-5(4-12)11(2)10-6/h3-4H,1-2H3. The van der Waals surface area contributed by atoms with Crippen molar-refractivity contribution in [1.29, 1.82) is 0 Å². The Bertz CT molecular complexity index is 301. The maximum absolute atomic E-state index is 12.6. The highest BCUT2D eigenvalue weighted by Gasteiger charge is 2.28. The van der Waals surface area contributed by atoms with E-state index in [-0.39, 0.29) is 11.4 Å². The van der Waals surface area contributed by atoms with Crippen LogP contribution in [0, 0.1) is 0 Å². The third-order valence-electron chi connectivity index (χ3n) is 1.49. The summed E-state index contributed by atoms with van der Waals surface area (Å²) < 4.78 is 26.3. The summed E-state index contributed by atoms with van der Waals surface area (Å²) in [7, 11) is 1.44. The molecule has 0 atom stereocenters. The van der Waals surface area contributed by atoms with Gasteiger partial charge in [0.15, 0.2) is 6.29 Å². The monoisotopic (exact) mass is 174 g/mol. The lowest BCUT2D eigenvalue weighted by Crippen LogP contribution is -2.08. The fourth-order valence-electron chi connectivity index (χ4n) is 0.807. The SMILES string of the molecule is Cn1nc(C(C)(F)F)cc1C=O. The van der Waals surface area contributed by atoms with Crippen molar-refractivity contribution < 1.29 is 13.6 Å². The minimum Gasteiger partial charge on any atom is -0.296 e. The molecule has 0 spiro atoms. The van der Waals surface area contributed by atoms with Gasteiger partial charge in [0.2, 0.25) is 0 Å². The lowest BCUT2D eigenvalue weighted by atomic mass is 10.2. The first-order valence-corrected chi connectivity index (χ1v) is 3.32. The topological polar surface area (TPSA) is 34.9 Å². The molecule has 0 aliphatic rings. The van der Waals surface area contributed by atoms with Crippen LogP contribution in [0.3, 0.4) is 0 Å². The van der Waals surface area contributed by atoms with Crippen LogP contribution in [0.15, 0.2) is 6.07 Å². The number of hydrogen-bond acceptors (Lipinski definition) is 2. The predicted octanol–water partition coefficient (Wildman–Crippen LogP) is 1.34. The highest BCUT2D eigenvalue weighted by atomic mass is 19.3. The van der Waals surface area contributed by atoms with Crippen LogP contribution in [0.1, 0.15) is 23.1 Å². The molecule has 0 radical (unpaired) electrons. The number of aldehydes is 1. The molecule has 3 nitrogen and oxygen atoms in total. The molecule has 0 saturated heterocycles. The molecule has 0 aromatic carbocycles. The largest absolute Gasteiger partial charge is 0.296 e. The second-order valence-electron chi connectivity index (χ2n) is 2.58. The number of aromatic nitrogens is 2. The summed E-state index contributed by atoms with van der Waals surface area (Å²) in [5.41, 5.74) is -0.237. The van der Waals surface area contributed by atoms with Crippen molar-refractivity contribution in [3.05, 3.63) is 17.5 Å². The molecular formula is C7H8F2N2O. The predicted molar refractivity (Wildman–Crippen MR) is 38.2 cm³/mol.